The monoisotopic (exact) mass is 377 g/mol. The van der Waals surface area contributed by atoms with Crippen molar-refractivity contribution in [3.63, 3.8) is 0 Å². The molecule has 0 fully saturated rings. The van der Waals surface area contributed by atoms with Crippen molar-refractivity contribution in [1.29, 1.82) is 5.26 Å². The smallest absolute Gasteiger partial charge is 0.269 e. The molecule has 0 spiro atoms. The zero-order chi connectivity index (χ0) is 20.1. The third-order valence-corrected chi connectivity index (χ3v) is 4.28. The van der Waals surface area contributed by atoms with E-state index in [2.05, 4.69) is 21.7 Å². The third-order valence-electron chi connectivity index (χ3n) is 4.28. The van der Waals surface area contributed by atoms with Crippen LogP contribution in [0.15, 0.2) is 47.6 Å². The second-order valence-electron chi connectivity index (χ2n) is 5.93. The van der Waals surface area contributed by atoms with Crippen molar-refractivity contribution in [2.75, 3.05) is 23.5 Å². The van der Waals surface area contributed by atoms with Crippen LogP contribution in [0.2, 0.25) is 0 Å². The Morgan fingerprint density at radius 1 is 1.29 bits per heavy atom. The number of rotatable bonds is 7. The molecule has 0 amide bonds. The highest BCUT2D eigenvalue weighted by atomic mass is 16.6. The normalized spacial score (nSPS) is 10.9. The van der Waals surface area contributed by atoms with Crippen LogP contribution in [0.5, 0.6) is 0 Å². The molecule has 9 heteroatoms. The SMILES string of the molecule is CCN(CC)n1nc2ccc(C#N)cc2c1/C=N/Nc1ccc([N+](=O)[O-])cc1. The summed E-state index contributed by atoms with van der Waals surface area (Å²) in [7, 11) is 0. The summed E-state index contributed by atoms with van der Waals surface area (Å²) >= 11 is 0. The van der Waals surface area contributed by atoms with Crippen molar-refractivity contribution in [1.82, 2.24) is 9.89 Å². The number of anilines is 1. The van der Waals surface area contributed by atoms with Crippen LogP contribution in [0, 0.1) is 21.4 Å². The molecule has 28 heavy (non-hydrogen) atoms. The zero-order valence-corrected chi connectivity index (χ0v) is 15.5. The molecule has 0 unspecified atom stereocenters. The number of fused-ring (bicyclic) bond motifs is 1. The Bertz CT molecular complexity index is 1060. The molecule has 1 N–H and O–H groups in total. The molecule has 0 atom stereocenters. The first-order chi connectivity index (χ1) is 13.6. The number of aromatic nitrogens is 2. The first-order valence-electron chi connectivity index (χ1n) is 8.79. The lowest BCUT2D eigenvalue weighted by atomic mass is 10.1. The lowest BCUT2D eigenvalue weighted by Gasteiger charge is -2.22. The predicted molar refractivity (Wildman–Crippen MR) is 108 cm³/mol. The van der Waals surface area contributed by atoms with Gasteiger partial charge in [-0.05, 0) is 44.2 Å². The van der Waals surface area contributed by atoms with E-state index in [9.17, 15) is 15.4 Å². The maximum atomic E-state index is 10.7. The second kappa shape index (κ2) is 8.18. The van der Waals surface area contributed by atoms with E-state index in [0.717, 1.165) is 29.7 Å². The van der Waals surface area contributed by atoms with Gasteiger partial charge in [0, 0.05) is 30.6 Å². The summed E-state index contributed by atoms with van der Waals surface area (Å²) in [5.41, 5.74) is 5.56. The highest BCUT2D eigenvalue weighted by molar-refractivity contribution is 5.98. The van der Waals surface area contributed by atoms with Gasteiger partial charge < -0.3 is 0 Å². The Kier molecular flexibility index (Phi) is 5.50. The van der Waals surface area contributed by atoms with Crippen LogP contribution in [0.1, 0.15) is 25.1 Å². The van der Waals surface area contributed by atoms with Crippen LogP contribution in [0.25, 0.3) is 10.9 Å². The molecule has 1 heterocycles. The number of nitrogens with zero attached hydrogens (tertiary/aromatic N) is 6. The Morgan fingerprint density at radius 2 is 2.00 bits per heavy atom. The molecular formula is C19H19N7O2. The summed E-state index contributed by atoms with van der Waals surface area (Å²) in [5, 5.41) is 31.7. The highest BCUT2D eigenvalue weighted by Crippen LogP contribution is 2.20. The minimum absolute atomic E-state index is 0.0177. The van der Waals surface area contributed by atoms with Crippen molar-refractivity contribution < 1.29 is 4.92 Å². The summed E-state index contributed by atoms with van der Waals surface area (Å²) in [6.07, 6.45) is 1.64. The van der Waals surface area contributed by atoms with Gasteiger partial charge >= 0.3 is 0 Å². The van der Waals surface area contributed by atoms with Crippen LogP contribution < -0.4 is 10.4 Å². The second-order valence-corrected chi connectivity index (χ2v) is 5.93. The lowest BCUT2D eigenvalue weighted by molar-refractivity contribution is -0.384. The van der Waals surface area contributed by atoms with Gasteiger partial charge in [-0.3, -0.25) is 20.5 Å². The minimum atomic E-state index is -0.450. The van der Waals surface area contributed by atoms with E-state index in [-0.39, 0.29) is 5.69 Å². The molecule has 0 aliphatic rings. The van der Waals surface area contributed by atoms with Gasteiger partial charge in [0.25, 0.3) is 5.69 Å². The summed E-state index contributed by atoms with van der Waals surface area (Å²) < 4.78 is 0. The Labute approximate surface area is 161 Å². The number of nitriles is 1. The van der Waals surface area contributed by atoms with E-state index in [1.54, 1.807) is 35.3 Å². The maximum absolute atomic E-state index is 10.7. The topological polar surface area (TPSA) is 112 Å². The zero-order valence-electron chi connectivity index (χ0n) is 15.5. The molecule has 0 aliphatic heterocycles. The molecular weight excluding hydrogens is 358 g/mol. The Balaban J connectivity index is 1.95. The average Bonchev–Trinajstić information content (AvgIpc) is 3.07. The summed E-state index contributed by atoms with van der Waals surface area (Å²) in [6.45, 7) is 5.58. The number of nitro groups is 1. The number of non-ortho nitro benzene ring substituents is 1. The van der Waals surface area contributed by atoms with Crippen LogP contribution in [0.4, 0.5) is 11.4 Å². The van der Waals surface area contributed by atoms with Crippen molar-refractivity contribution in [3.05, 3.63) is 63.8 Å². The van der Waals surface area contributed by atoms with Crippen LogP contribution in [-0.4, -0.2) is 34.1 Å². The molecule has 0 aliphatic carbocycles. The van der Waals surface area contributed by atoms with Gasteiger partial charge in [-0.25, -0.2) is 0 Å². The minimum Gasteiger partial charge on any atom is -0.297 e. The third kappa shape index (κ3) is 3.76. The molecule has 0 bridgehead atoms. The van der Waals surface area contributed by atoms with E-state index < -0.39 is 4.92 Å². The van der Waals surface area contributed by atoms with Crippen molar-refractivity contribution in [2.45, 2.75) is 13.8 Å². The van der Waals surface area contributed by atoms with Gasteiger partial charge in [0.1, 0.15) is 5.69 Å². The molecule has 3 rings (SSSR count). The molecule has 1 aromatic heterocycles. The number of benzene rings is 2. The van der Waals surface area contributed by atoms with Crippen molar-refractivity contribution in [2.24, 2.45) is 5.10 Å². The van der Waals surface area contributed by atoms with Gasteiger partial charge in [-0.15, -0.1) is 0 Å². The van der Waals surface area contributed by atoms with E-state index in [4.69, 9.17) is 0 Å². The van der Waals surface area contributed by atoms with Crippen LogP contribution in [-0.2, 0) is 0 Å². The number of hydrogen-bond donors (Lipinski definition) is 1. The van der Waals surface area contributed by atoms with E-state index in [1.165, 1.54) is 12.1 Å². The van der Waals surface area contributed by atoms with Crippen molar-refractivity contribution in [3.8, 4) is 6.07 Å². The predicted octanol–water partition coefficient (Wildman–Crippen LogP) is 3.24. The highest BCUT2D eigenvalue weighted by Gasteiger charge is 2.14. The molecule has 0 saturated heterocycles. The summed E-state index contributed by atoms with van der Waals surface area (Å²) in [6, 6.07) is 13.5. The summed E-state index contributed by atoms with van der Waals surface area (Å²) in [4.78, 5) is 12.1. The average molecular weight is 377 g/mol. The molecule has 3 aromatic rings. The van der Waals surface area contributed by atoms with Crippen molar-refractivity contribution >= 4 is 28.5 Å². The van der Waals surface area contributed by atoms with Gasteiger partial charge in [0.05, 0.1) is 34.0 Å². The molecule has 0 saturated carbocycles. The van der Waals surface area contributed by atoms with Crippen LogP contribution in [0.3, 0.4) is 0 Å². The van der Waals surface area contributed by atoms with Gasteiger partial charge in [-0.2, -0.15) is 20.3 Å². The van der Waals surface area contributed by atoms with E-state index >= 15 is 0 Å². The fourth-order valence-electron chi connectivity index (χ4n) is 2.82. The molecule has 142 valence electrons. The Hall–Kier alpha value is -3.93. The Morgan fingerprint density at radius 3 is 2.61 bits per heavy atom. The quantitative estimate of drug-likeness (QED) is 0.384. The van der Waals surface area contributed by atoms with Gasteiger partial charge in [0.2, 0.25) is 0 Å². The van der Waals surface area contributed by atoms with E-state index in [1.807, 2.05) is 24.9 Å². The number of hydrogen-bond acceptors (Lipinski definition) is 7. The lowest BCUT2D eigenvalue weighted by Crippen LogP contribution is -2.36. The fraction of sp³-hybridized carbons (Fsp3) is 0.211. The fourth-order valence-corrected chi connectivity index (χ4v) is 2.82. The standard InChI is InChI=1S/C19H19N7O2/c1-3-24(4-2)25-19(17-11-14(12-20)5-10-18(17)23-25)13-21-22-15-6-8-16(9-7-15)26(27)28/h5-11,13,22H,3-4H2,1-2H3/b21-13+. The van der Waals surface area contributed by atoms with Crippen LogP contribution >= 0.6 is 0 Å². The number of nitrogens with one attached hydrogen (secondary N) is 1. The first-order valence-corrected chi connectivity index (χ1v) is 8.79. The maximum Gasteiger partial charge on any atom is 0.269 e. The first kappa shape index (κ1) is 18.8. The molecule has 0 radical (unpaired) electrons. The summed E-state index contributed by atoms with van der Waals surface area (Å²) in [5.74, 6) is 0. The number of hydrazone groups is 1. The number of nitro benzene ring substituents is 1. The molecule has 9 nitrogen and oxygen atoms in total. The van der Waals surface area contributed by atoms with Gasteiger partial charge in [-0.1, -0.05) is 0 Å². The molecule has 2 aromatic carbocycles. The largest absolute Gasteiger partial charge is 0.297 e. The van der Waals surface area contributed by atoms with E-state index in [0.29, 0.717) is 11.3 Å². The van der Waals surface area contributed by atoms with Gasteiger partial charge in [0.15, 0.2) is 0 Å².